The van der Waals surface area contributed by atoms with Crippen LogP contribution in [0.3, 0.4) is 0 Å². The Balaban J connectivity index is 1.70. The molecule has 1 saturated heterocycles. The first kappa shape index (κ1) is 19.2. The molecule has 146 valence electrons. The molecule has 1 fully saturated rings. The van der Waals surface area contributed by atoms with Crippen LogP contribution in [-0.4, -0.2) is 22.7 Å². The maximum Gasteiger partial charge on any atom is 0.293 e. The van der Waals surface area contributed by atoms with Gasteiger partial charge in [-0.25, -0.2) is 4.39 Å². The molecule has 1 aliphatic heterocycles. The maximum atomic E-state index is 13.1. The molecule has 4 rings (SSSR count). The van der Waals surface area contributed by atoms with E-state index in [-0.39, 0.29) is 23.5 Å². The molecule has 6 heteroatoms. The number of hydrogen-bond donors (Lipinski definition) is 0. The number of carbonyl (C=O) groups is 2. The molecule has 0 aliphatic carbocycles. The second-order valence-corrected chi connectivity index (χ2v) is 7.52. The van der Waals surface area contributed by atoms with Gasteiger partial charge in [0.2, 0.25) is 0 Å². The number of rotatable bonds is 5. The first-order chi connectivity index (χ1) is 14.1. The summed E-state index contributed by atoms with van der Waals surface area (Å²) in [6.07, 6.45) is 1.73. The fourth-order valence-corrected chi connectivity index (χ4v) is 4.07. The lowest BCUT2D eigenvalue weighted by molar-refractivity contribution is -0.123. The van der Waals surface area contributed by atoms with Crippen molar-refractivity contribution in [2.45, 2.75) is 13.5 Å². The molecule has 0 unspecified atom stereocenters. The van der Waals surface area contributed by atoms with Gasteiger partial charge in [0.05, 0.1) is 18.1 Å². The van der Waals surface area contributed by atoms with Crippen LogP contribution < -0.4 is 4.74 Å². The molecular weight excluding hydrogens is 389 g/mol. The number of benzene rings is 3. The zero-order valence-corrected chi connectivity index (χ0v) is 16.5. The summed E-state index contributed by atoms with van der Waals surface area (Å²) >= 11 is 0.903. The lowest BCUT2D eigenvalue weighted by atomic mass is 10.0. The van der Waals surface area contributed by atoms with Crippen LogP contribution in [0.5, 0.6) is 5.75 Å². The number of thioether (sulfide) groups is 1. The highest BCUT2D eigenvalue weighted by Gasteiger charge is 2.35. The molecule has 3 aromatic rings. The minimum atomic E-state index is -0.361. The number of nitrogens with zero attached hydrogens (tertiary/aromatic N) is 1. The van der Waals surface area contributed by atoms with Crippen molar-refractivity contribution in [1.82, 2.24) is 4.90 Å². The van der Waals surface area contributed by atoms with E-state index in [9.17, 15) is 14.0 Å². The first-order valence-corrected chi connectivity index (χ1v) is 10.0. The Bertz CT molecular complexity index is 1120. The van der Waals surface area contributed by atoms with Crippen molar-refractivity contribution in [3.05, 3.63) is 82.5 Å². The molecule has 4 nitrogen and oxygen atoms in total. The summed E-state index contributed by atoms with van der Waals surface area (Å²) < 4.78 is 18.9. The summed E-state index contributed by atoms with van der Waals surface area (Å²) in [6.45, 7) is 2.50. The number of imide groups is 1. The van der Waals surface area contributed by atoms with Gasteiger partial charge in [0.15, 0.2) is 0 Å². The quantitative estimate of drug-likeness (QED) is 0.516. The zero-order valence-electron chi connectivity index (χ0n) is 15.7. The molecule has 1 heterocycles. The van der Waals surface area contributed by atoms with Crippen LogP contribution in [-0.2, 0) is 11.3 Å². The van der Waals surface area contributed by atoms with Gasteiger partial charge >= 0.3 is 0 Å². The Hall–Kier alpha value is -3.12. The number of ether oxygens (including phenoxy) is 1. The lowest BCUT2D eigenvalue weighted by Crippen LogP contribution is -2.27. The molecule has 0 radical (unpaired) electrons. The average Bonchev–Trinajstić information content (AvgIpc) is 2.99. The predicted molar refractivity (Wildman–Crippen MR) is 113 cm³/mol. The topological polar surface area (TPSA) is 46.6 Å². The average molecular weight is 407 g/mol. The molecule has 0 spiro atoms. The molecule has 1 aliphatic rings. The maximum absolute atomic E-state index is 13.1. The molecule has 0 atom stereocenters. The number of halogens is 1. The molecule has 29 heavy (non-hydrogen) atoms. The highest BCUT2D eigenvalue weighted by Crippen LogP contribution is 2.37. The van der Waals surface area contributed by atoms with E-state index in [1.54, 1.807) is 18.2 Å². The van der Waals surface area contributed by atoms with E-state index >= 15 is 0 Å². The summed E-state index contributed by atoms with van der Waals surface area (Å²) in [5, 5.41) is 1.63. The third kappa shape index (κ3) is 3.89. The van der Waals surface area contributed by atoms with Crippen LogP contribution in [0.25, 0.3) is 16.8 Å². The van der Waals surface area contributed by atoms with Crippen molar-refractivity contribution in [2.24, 2.45) is 0 Å². The van der Waals surface area contributed by atoms with Gasteiger partial charge in [0, 0.05) is 5.56 Å². The molecule has 0 bridgehead atoms. The van der Waals surface area contributed by atoms with Crippen molar-refractivity contribution in [1.29, 1.82) is 0 Å². The SMILES string of the molecule is CCOc1ccc2ccccc2c1/C=C1/SC(=O)N(Cc2ccc(F)cc2)C1=O. The van der Waals surface area contributed by atoms with Gasteiger partial charge in [-0.15, -0.1) is 0 Å². The first-order valence-electron chi connectivity index (χ1n) is 9.21. The van der Waals surface area contributed by atoms with Gasteiger partial charge in [-0.2, -0.15) is 0 Å². The minimum Gasteiger partial charge on any atom is -0.493 e. The Kier molecular flexibility index (Phi) is 5.36. The highest BCUT2D eigenvalue weighted by molar-refractivity contribution is 8.18. The predicted octanol–water partition coefficient (Wildman–Crippen LogP) is 5.61. The Labute approximate surface area is 172 Å². The fraction of sp³-hybridized carbons (Fsp3) is 0.130. The van der Waals surface area contributed by atoms with Crippen molar-refractivity contribution < 1.29 is 18.7 Å². The van der Waals surface area contributed by atoms with Crippen LogP contribution in [0.2, 0.25) is 0 Å². The van der Waals surface area contributed by atoms with Gasteiger partial charge in [-0.05, 0) is 59.3 Å². The van der Waals surface area contributed by atoms with Crippen LogP contribution in [0.15, 0.2) is 65.6 Å². The second kappa shape index (κ2) is 8.09. The summed E-state index contributed by atoms with van der Waals surface area (Å²) in [5.74, 6) is -0.0570. The third-order valence-corrected chi connectivity index (χ3v) is 5.54. The van der Waals surface area contributed by atoms with E-state index < -0.39 is 0 Å². The van der Waals surface area contributed by atoms with Gasteiger partial charge in [0.25, 0.3) is 11.1 Å². The molecule has 2 amide bonds. The van der Waals surface area contributed by atoms with Gasteiger partial charge in [-0.1, -0.05) is 42.5 Å². The summed E-state index contributed by atoms with van der Waals surface area (Å²) in [6, 6.07) is 17.4. The number of amides is 2. The Morgan fingerprint density at radius 3 is 2.55 bits per heavy atom. The van der Waals surface area contributed by atoms with Crippen molar-refractivity contribution in [3.8, 4) is 5.75 Å². The highest BCUT2D eigenvalue weighted by atomic mass is 32.2. The summed E-state index contributed by atoms with van der Waals surface area (Å²) in [5.41, 5.74) is 1.47. The monoisotopic (exact) mass is 407 g/mol. The second-order valence-electron chi connectivity index (χ2n) is 6.53. The smallest absolute Gasteiger partial charge is 0.293 e. The molecular formula is C23H18FNO3S. The van der Waals surface area contributed by atoms with E-state index in [0.717, 1.165) is 28.1 Å². The summed E-state index contributed by atoms with van der Waals surface area (Å²) in [7, 11) is 0. The number of fused-ring (bicyclic) bond motifs is 1. The molecule has 0 saturated carbocycles. The van der Waals surface area contributed by atoms with Crippen LogP contribution in [0.1, 0.15) is 18.1 Å². The lowest BCUT2D eigenvalue weighted by Gasteiger charge is -2.13. The van der Waals surface area contributed by atoms with Gasteiger partial charge in [-0.3, -0.25) is 14.5 Å². The van der Waals surface area contributed by atoms with Crippen molar-refractivity contribution in [3.63, 3.8) is 0 Å². The van der Waals surface area contributed by atoms with Gasteiger partial charge < -0.3 is 4.74 Å². The Morgan fingerprint density at radius 1 is 1.03 bits per heavy atom. The molecule has 0 aromatic heterocycles. The van der Waals surface area contributed by atoms with E-state index in [1.807, 2.05) is 43.3 Å². The van der Waals surface area contributed by atoms with Crippen LogP contribution in [0, 0.1) is 5.82 Å². The molecule has 0 N–H and O–H groups in total. The standard InChI is InChI=1S/C23H18FNO3S/c1-2-28-20-12-9-16-5-3-4-6-18(16)19(20)13-21-22(26)25(23(27)29-21)14-15-7-10-17(24)11-8-15/h3-13H,2,14H2,1H3/b21-13+. The number of hydrogen-bond acceptors (Lipinski definition) is 4. The van der Waals surface area contributed by atoms with Gasteiger partial charge in [0.1, 0.15) is 11.6 Å². The molecule has 3 aromatic carbocycles. The Morgan fingerprint density at radius 2 is 1.79 bits per heavy atom. The summed E-state index contributed by atoms with van der Waals surface area (Å²) in [4.78, 5) is 26.9. The minimum absolute atomic E-state index is 0.107. The largest absolute Gasteiger partial charge is 0.493 e. The van der Waals surface area contributed by atoms with Crippen molar-refractivity contribution in [2.75, 3.05) is 6.61 Å². The third-order valence-electron chi connectivity index (χ3n) is 4.63. The van der Waals surface area contributed by atoms with E-state index in [1.165, 1.54) is 17.0 Å². The van der Waals surface area contributed by atoms with Crippen LogP contribution in [0.4, 0.5) is 9.18 Å². The van der Waals surface area contributed by atoms with E-state index in [2.05, 4.69) is 0 Å². The van der Waals surface area contributed by atoms with E-state index in [0.29, 0.717) is 22.8 Å². The van der Waals surface area contributed by atoms with Crippen LogP contribution >= 0.6 is 11.8 Å². The normalized spacial score (nSPS) is 15.5. The fourth-order valence-electron chi connectivity index (χ4n) is 3.25. The van der Waals surface area contributed by atoms with Crippen molar-refractivity contribution >= 4 is 39.8 Å². The number of carbonyl (C=O) groups excluding carboxylic acids is 2. The zero-order chi connectivity index (χ0) is 20.4. The van der Waals surface area contributed by atoms with E-state index in [4.69, 9.17) is 4.74 Å².